The number of anilines is 1. The minimum absolute atomic E-state index is 0.246. The van der Waals surface area contributed by atoms with Crippen molar-refractivity contribution in [2.75, 3.05) is 18.5 Å². The van der Waals surface area contributed by atoms with E-state index in [4.69, 9.17) is 5.73 Å². The van der Waals surface area contributed by atoms with Gasteiger partial charge in [-0.15, -0.1) is 0 Å². The normalized spacial score (nSPS) is 12.8. The van der Waals surface area contributed by atoms with Crippen LogP contribution in [0, 0.1) is 5.92 Å². The number of aromatic nitrogens is 1. The molecule has 0 aromatic carbocycles. The SMILES string of the molecule is CCC(N)Cc1ccc(N(C)CC(C)C)nc1. The second kappa shape index (κ2) is 6.60. The van der Waals surface area contributed by atoms with Gasteiger partial charge in [-0.25, -0.2) is 4.98 Å². The summed E-state index contributed by atoms with van der Waals surface area (Å²) in [6.45, 7) is 7.57. The minimum atomic E-state index is 0.246. The Morgan fingerprint density at radius 1 is 1.35 bits per heavy atom. The molecule has 2 N–H and O–H groups in total. The van der Waals surface area contributed by atoms with Gasteiger partial charge in [0.1, 0.15) is 5.82 Å². The average molecular weight is 235 g/mol. The summed E-state index contributed by atoms with van der Waals surface area (Å²) in [6.07, 6.45) is 3.87. The highest BCUT2D eigenvalue weighted by molar-refractivity contribution is 5.38. The maximum absolute atomic E-state index is 5.93. The summed E-state index contributed by atoms with van der Waals surface area (Å²) in [4.78, 5) is 6.68. The first-order chi connectivity index (χ1) is 8.02. The Bertz CT molecular complexity index is 319. The van der Waals surface area contributed by atoms with Crippen LogP contribution in [0.4, 0.5) is 5.82 Å². The molecule has 1 atom stereocenters. The first-order valence-electron chi connectivity index (χ1n) is 6.44. The molecule has 1 aromatic rings. The highest BCUT2D eigenvalue weighted by atomic mass is 15.2. The fourth-order valence-electron chi connectivity index (χ4n) is 1.85. The summed E-state index contributed by atoms with van der Waals surface area (Å²) >= 11 is 0. The van der Waals surface area contributed by atoms with Crippen molar-refractivity contribution in [3.63, 3.8) is 0 Å². The van der Waals surface area contributed by atoms with E-state index in [1.165, 1.54) is 5.56 Å². The largest absolute Gasteiger partial charge is 0.359 e. The number of nitrogens with zero attached hydrogens (tertiary/aromatic N) is 2. The Labute approximate surface area is 105 Å². The predicted molar refractivity (Wildman–Crippen MR) is 74.3 cm³/mol. The van der Waals surface area contributed by atoms with Crippen LogP contribution in [0.3, 0.4) is 0 Å². The molecular formula is C14H25N3. The minimum Gasteiger partial charge on any atom is -0.359 e. The van der Waals surface area contributed by atoms with E-state index in [2.05, 4.69) is 49.8 Å². The third kappa shape index (κ3) is 4.73. The molecule has 0 radical (unpaired) electrons. The topological polar surface area (TPSA) is 42.1 Å². The summed E-state index contributed by atoms with van der Waals surface area (Å²) in [6, 6.07) is 4.46. The number of hydrogen-bond donors (Lipinski definition) is 1. The number of nitrogens with two attached hydrogens (primary N) is 1. The van der Waals surface area contributed by atoms with E-state index in [0.717, 1.165) is 25.2 Å². The maximum Gasteiger partial charge on any atom is 0.128 e. The first-order valence-corrected chi connectivity index (χ1v) is 6.44. The van der Waals surface area contributed by atoms with Crippen LogP contribution in [-0.2, 0) is 6.42 Å². The van der Waals surface area contributed by atoms with Gasteiger partial charge in [0.25, 0.3) is 0 Å². The van der Waals surface area contributed by atoms with Crippen LogP contribution in [0.2, 0.25) is 0 Å². The number of hydrogen-bond acceptors (Lipinski definition) is 3. The molecule has 1 aromatic heterocycles. The predicted octanol–water partition coefficient (Wildman–Crippen LogP) is 2.45. The molecule has 0 fully saturated rings. The fourth-order valence-corrected chi connectivity index (χ4v) is 1.85. The summed E-state index contributed by atoms with van der Waals surface area (Å²) in [7, 11) is 2.08. The van der Waals surface area contributed by atoms with Gasteiger partial charge in [-0.05, 0) is 30.4 Å². The highest BCUT2D eigenvalue weighted by Crippen LogP contribution is 2.12. The van der Waals surface area contributed by atoms with Gasteiger partial charge in [-0.1, -0.05) is 26.8 Å². The molecule has 0 bridgehead atoms. The summed E-state index contributed by atoms with van der Waals surface area (Å²) < 4.78 is 0. The lowest BCUT2D eigenvalue weighted by Gasteiger charge is -2.20. The molecule has 0 aliphatic carbocycles. The van der Waals surface area contributed by atoms with Crippen LogP contribution >= 0.6 is 0 Å². The Hall–Kier alpha value is -1.09. The smallest absolute Gasteiger partial charge is 0.128 e. The number of rotatable bonds is 6. The Morgan fingerprint density at radius 2 is 2.06 bits per heavy atom. The van der Waals surface area contributed by atoms with Crippen molar-refractivity contribution in [3.05, 3.63) is 23.9 Å². The average Bonchev–Trinajstić information content (AvgIpc) is 2.28. The van der Waals surface area contributed by atoms with Crippen molar-refractivity contribution in [1.82, 2.24) is 4.98 Å². The van der Waals surface area contributed by atoms with Gasteiger partial charge < -0.3 is 10.6 Å². The molecule has 0 saturated heterocycles. The van der Waals surface area contributed by atoms with E-state index in [-0.39, 0.29) is 6.04 Å². The molecule has 3 nitrogen and oxygen atoms in total. The summed E-state index contributed by atoms with van der Waals surface area (Å²) in [5, 5.41) is 0. The Kier molecular flexibility index (Phi) is 5.42. The Morgan fingerprint density at radius 3 is 2.53 bits per heavy atom. The molecule has 17 heavy (non-hydrogen) atoms. The molecule has 0 saturated carbocycles. The van der Waals surface area contributed by atoms with Crippen molar-refractivity contribution >= 4 is 5.82 Å². The van der Waals surface area contributed by atoms with E-state index in [9.17, 15) is 0 Å². The molecule has 96 valence electrons. The van der Waals surface area contributed by atoms with E-state index in [1.54, 1.807) is 0 Å². The third-order valence-electron chi connectivity index (χ3n) is 2.86. The summed E-state index contributed by atoms with van der Waals surface area (Å²) in [5.74, 6) is 1.68. The van der Waals surface area contributed by atoms with Gasteiger partial charge in [0.15, 0.2) is 0 Å². The van der Waals surface area contributed by atoms with E-state index >= 15 is 0 Å². The Balaban J connectivity index is 2.61. The van der Waals surface area contributed by atoms with E-state index < -0.39 is 0 Å². The molecule has 1 rings (SSSR count). The van der Waals surface area contributed by atoms with Crippen LogP contribution in [0.1, 0.15) is 32.8 Å². The third-order valence-corrected chi connectivity index (χ3v) is 2.86. The molecule has 0 aliphatic rings. The maximum atomic E-state index is 5.93. The lowest BCUT2D eigenvalue weighted by Crippen LogP contribution is -2.24. The number of pyridine rings is 1. The van der Waals surface area contributed by atoms with Crippen molar-refractivity contribution in [3.8, 4) is 0 Å². The second-order valence-electron chi connectivity index (χ2n) is 5.17. The summed E-state index contributed by atoms with van der Waals surface area (Å²) in [5.41, 5.74) is 7.15. The lowest BCUT2D eigenvalue weighted by molar-refractivity contribution is 0.632. The van der Waals surface area contributed by atoms with Crippen LogP contribution in [0.25, 0.3) is 0 Å². The van der Waals surface area contributed by atoms with Crippen LogP contribution in [0.5, 0.6) is 0 Å². The zero-order valence-corrected chi connectivity index (χ0v) is 11.5. The van der Waals surface area contributed by atoms with E-state index in [0.29, 0.717) is 5.92 Å². The monoisotopic (exact) mass is 235 g/mol. The first kappa shape index (κ1) is 14.0. The van der Waals surface area contributed by atoms with Crippen molar-refractivity contribution in [2.24, 2.45) is 11.7 Å². The van der Waals surface area contributed by atoms with Crippen LogP contribution < -0.4 is 10.6 Å². The zero-order chi connectivity index (χ0) is 12.8. The second-order valence-corrected chi connectivity index (χ2v) is 5.17. The van der Waals surface area contributed by atoms with Crippen molar-refractivity contribution < 1.29 is 0 Å². The molecule has 1 unspecified atom stereocenters. The molecule has 1 heterocycles. The van der Waals surface area contributed by atoms with Gasteiger partial charge in [0.2, 0.25) is 0 Å². The van der Waals surface area contributed by atoms with Crippen molar-refractivity contribution in [2.45, 2.75) is 39.7 Å². The molecular weight excluding hydrogens is 210 g/mol. The highest BCUT2D eigenvalue weighted by Gasteiger charge is 2.06. The molecule has 0 amide bonds. The standard InChI is InChI=1S/C14H25N3/c1-5-13(15)8-12-6-7-14(16-9-12)17(4)10-11(2)3/h6-7,9,11,13H,5,8,10,15H2,1-4H3. The lowest BCUT2D eigenvalue weighted by atomic mass is 10.1. The quantitative estimate of drug-likeness (QED) is 0.823. The molecule has 0 spiro atoms. The van der Waals surface area contributed by atoms with E-state index in [1.807, 2.05) is 6.20 Å². The van der Waals surface area contributed by atoms with Gasteiger partial charge in [-0.3, -0.25) is 0 Å². The van der Waals surface area contributed by atoms with Crippen molar-refractivity contribution in [1.29, 1.82) is 0 Å². The van der Waals surface area contributed by atoms with Crippen LogP contribution in [-0.4, -0.2) is 24.6 Å². The van der Waals surface area contributed by atoms with Gasteiger partial charge in [0, 0.05) is 25.8 Å². The zero-order valence-electron chi connectivity index (χ0n) is 11.5. The molecule has 3 heteroatoms. The van der Waals surface area contributed by atoms with Crippen LogP contribution in [0.15, 0.2) is 18.3 Å². The van der Waals surface area contributed by atoms with Gasteiger partial charge in [0.05, 0.1) is 0 Å². The molecule has 0 aliphatic heterocycles. The van der Waals surface area contributed by atoms with Gasteiger partial charge in [-0.2, -0.15) is 0 Å². The van der Waals surface area contributed by atoms with Gasteiger partial charge >= 0.3 is 0 Å². The fraction of sp³-hybridized carbons (Fsp3) is 0.643.